The molecule has 1 aromatic carbocycles. The number of unbranched alkanes of at least 4 members (excludes halogenated alkanes) is 1. The molecule has 30 heavy (non-hydrogen) atoms. The van der Waals surface area contributed by atoms with Gasteiger partial charge in [0.1, 0.15) is 11.9 Å². The number of aliphatic carboxylic acids is 2. The van der Waals surface area contributed by atoms with E-state index in [1.165, 1.54) is 0 Å². The maximum atomic E-state index is 13.9. The molecule has 0 spiro atoms. The second kappa shape index (κ2) is 8.88. The van der Waals surface area contributed by atoms with Crippen LogP contribution in [0.5, 0.6) is 5.75 Å². The van der Waals surface area contributed by atoms with E-state index in [0.29, 0.717) is 23.8 Å². The van der Waals surface area contributed by atoms with Gasteiger partial charge in [-0.05, 0) is 6.42 Å². The van der Waals surface area contributed by atoms with E-state index in [-0.39, 0.29) is 12.7 Å². The van der Waals surface area contributed by atoms with Crippen LogP contribution in [0.15, 0.2) is 12.1 Å². The van der Waals surface area contributed by atoms with Crippen LogP contribution < -0.4 is 4.74 Å². The van der Waals surface area contributed by atoms with Crippen molar-refractivity contribution in [2.75, 3.05) is 13.2 Å². The standard InChI is InChI=1S/C17H18F2N2O9/c1-2-3-4-29-16(26)20-8-17(15(24)25,7-11(20)14(22)23)30-12-6-9(18)5-10(19)13(12)21(27)28/h5-6,11H,2-4,7-8H2,1H3,(H,22,23)(H,24,25)/t11-,17+/m0/s1. The van der Waals surface area contributed by atoms with Crippen molar-refractivity contribution >= 4 is 23.7 Å². The molecule has 1 amide bonds. The predicted octanol–water partition coefficient (Wildman–Crippen LogP) is 2.17. The van der Waals surface area contributed by atoms with Crippen LogP contribution in [0.4, 0.5) is 19.3 Å². The van der Waals surface area contributed by atoms with Crippen LogP contribution in [0.3, 0.4) is 0 Å². The van der Waals surface area contributed by atoms with Gasteiger partial charge in [0.2, 0.25) is 17.2 Å². The summed E-state index contributed by atoms with van der Waals surface area (Å²) in [5.74, 6) is -7.30. The number of benzene rings is 1. The molecule has 2 atom stereocenters. The molecule has 1 fully saturated rings. The summed E-state index contributed by atoms with van der Waals surface area (Å²) in [6, 6.07) is -1.08. The van der Waals surface area contributed by atoms with E-state index in [9.17, 15) is 43.5 Å². The summed E-state index contributed by atoms with van der Waals surface area (Å²) in [5.41, 5.74) is -3.84. The second-order valence-corrected chi connectivity index (χ2v) is 6.55. The molecule has 0 aromatic heterocycles. The van der Waals surface area contributed by atoms with Gasteiger partial charge in [-0.3, -0.25) is 15.0 Å². The van der Waals surface area contributed by atoms with Crippen molar-refractivity contribution in [2.45, 2.75) is 37.8 Å². The maximum Gasteiger partial charge on any atom is 0.410 e. The van der Waals surface area contributed by atoms with Gasteiger partial charge in [-0.25, -0.2) is 18.8 Å². The fourth-order valence-electron chi connectivity index (χ4n) is 2.95. The molecule has 1 aliphatic heterocycles. The van der Waals surface area contributed by atoms with E-state index < -0.39 is 70.6 Å². The molecule has 0 aliphatic carbocycles. The number of nitro benzene ring substituents is 1. The van der Waals surface area contributed by atoms with Gasteiger partial charge in [-0.1, -0.05) is 13.3 Å². The number of hydrogen-bond donors (Lipinski definition) is 2. The first kappa shape index (κ1) is 22.8. The normalized spacial score (nSPS) is 20.6. The van der Waals surface area contributed by atoms with Crippen molar-refractivity contribution in [1.29, 1.82) is 0 Å². The Balaban J connectivity index is 2.43. The molecule has 1 aliphatic rings. The van der Waals surface area contributed by atoms with Gasteiger partial charge in [0, 0.05) is 18.6 Å². The van der Waals surface area contributed by atoms with Crippen LogP contribution >= 0.6 is 0 Å². The topological polar surface area (TPSA) is 157 Å². The number of carbonyl (C=O) groups is 3. The number of carbonyl (C=O) groups excluding carboxylic acids is 1. The molecule has 1 heterocycles. The average molecular weight is 432 g/mol. The number of amides is 1. The molecule has 11 nitrogen and oxygen atoms in total. The van der Waals surface area contributed by atoms with Crippen LogP contribution in [0, 0.1) is 21.7 Å². The first-order valence-electron chi connectivity index (χ1n) is 8.74. The van der Waals surface area contributed by atoms with Gasteiger partial charge in [0.15, 0.2) is 0 Å². The van der Waals surface area contributed by atoms with Gasteiger partial charge in [0.25, 0.3) is 0 Å². The van der Waals surface area contributed by atoms with Gasteiger partial charge in [0.05, 0.1) is 18.1 Å². The quantitative estimate of drug-likeness (QED) is 0.357. The van der Waals surface area contributed by atoms with Crippen molar-refractivity contribution < 1.29 is 47.8 Å². The van der Waals surface area contributed by atoms with Gasteiger partial charge < -0.3 is 19.7 Å². The summed E-state index contributed by atoms with van der Waals surface area (Å²) in [7, 11) is 0. The zero-order valence-corrected chi connectivity index (χ0v) is 15.7. The maximum absolute atomic E-state index is 13.9. The summed E-state index contributed by atoms with van der Waals surface area (Å²) in [4.78, 5) is 46.2. The number of carboxylic acid groups (broad SMARTS) is 2. The lowest BCUT2D eigenvalue weighted by atomic mass is 10.00. The third kappa shape index (κ3) is 4.55. The first-order chi connectivity index (χ1) is 14.0. The fraction of sp³-hybridized carbons (Fsp3) is 0.471. The number of nitrogens with zero attached hydrogens (tertiary/aromatic N) is 2. The highest BCUT2D eigenvalue weighted by molar-refractivity contribution is 5.87. The Labute approximate surface area is 167 Å². The number of rotatable bonds is 8. The Morgan fingerprint density at radius 3 is 2.53 bits per heavy atom. The van der Waals surface area contributed by atoms with E-state index in [1.807, 2.05) is 6.92 Å². The minimum absolute atomic E-state index is 0.0420. The van der Waals surface area contributed by atoms with Crippen LogP contribution in [-0.4, -0.2) is 62.9 Å². The third-order valence-electron chi connectivity index (χ3n) is 4.44. The van der Waals surface area contributed by atoms with Gasteiger partial charge >= 0.3 is 23.7 Å². The number of halogens is 2. The predicted molar refractivity (Wildman–Crippen MR) is 93.0 cm³/mol. The number of carboxylic acids is 2. The van der Waals surface area contributed by atoms with Crippen molar-refractivity contribution in [2.24, 2.45) is 0 Å². The fourth-order valence-corrected chi connectivity index (χ4v) is 2.95. The van der Waals surface area contributed by atoms with Crippen molar-refractivity contribution in [3.05, 3.63) is 33.9 Å². The smallest absolute Gasteiger partial charge is 0.410 e. The van der Waals surface area contributed by atoms with Crippen LogP contribution in [0.1, 0.15) is 26.2 Å². The average Bonchev–Trinajstić information content (AvgIpc) is 3.02. The number of ether oxygens (including phenoxy) is 2. The first-order valence-corrected chi connectivity index (χ1v) is 8.74. The molecule has 0 saturated carbocycles. The molecule has 2 rings (SSSR count). The Hall–Kier alpha value is -3.51. The van der Waals surface area contributed by atoms with Crippen molar-refractivity contribution in [3.8, 4) is 5.75 Å². The summed E-state index contributed by atoms with van der Waals surface area (Å²) in [6.07, 6.45) is -0.808. The largest absolute Gasteiger partial charge is 0.480 e. The van der Waals surface area contributed by atoms with Crippen molar-refractivity contribution in [1.82, 2.24) is 4.90 Å². The van der Waals surface area contributed by atoms with Crippen LogP contribution in [0.2, 0.25) is 0 Å². The molecule has 1 aromatic rings. The van der Waals surface area contributed by atoms with Crippen LogP contribution in [-0.2, 0) is 14.3 Å². The minimum atomic E-state index is -2.52. The van der Waals surface area contributed by atoms with E-state index in [1.54, 1.807) is 0 Å². The lowest BCUT2D eigenvalue weighted by molar-refractivity contribution is -0.388. The molecule has 0 unspecified atom stereocenters. The van der Waals surface area contributed by atoms with E-state index in [4.69, 9.17) is 9.47 Å². The Morgan fingerprint density at radius 1 is 1.33 bits per heavy atom. The van der Waals surface area contributed by atoms with E-state index in [0.717, 1.165) is 0 Å². The molecular formula is C17H18F2N2O9. The molecule has 2 N–H and O–H groups in total. The zero-order chi connectivity index (χ0) is 22.6. The molecule has 164 valence electrons. The highest BCUT2D eigenvalue weighted by atomic mass is 19.1. The molecule has 13 heteroatoms. The molecule has 0 bridgehead atoms. The summed E-state index contributed by atoms with van der Waals surface area (Å²) in [5, 5.41) is 30.2. The molecular weight excluding hydrogens is 414 g/mol. The monoisotopic (exact) mass is 432 g/mol. The summed E-state index contributed by atoms with van der Waals surface area (Å²) >= 11 is 0. The molecule has 1 saturated heterocycles. The summed E-state index contributed by atoms with van der Waals surface area (Å²) < 4.78 is 37.5. The lowest BCUT2D eigenvalue weighted by Gasteiger charge is -2.25. The highest BCUT2D eigenvalue weighted by Gasteiger charge is 2.57. The number of nitro groups is 1. The van der Waals surface area contributed by atoms with E-state index in [2.05, 4.69) is 0 Å². The zero-order valence-electron chi connectivity index (χ0n) is 15.7. The summed E-state index contributed by atoms with van der Waals surface area (Å²) in [6.45, 7) is 0.900. The number of hydrogen-bond acceptors (Lipinski definition) is 7. The Morgan fingerprint density at radius 2 is 2.00 bits per heavy atom. The van der Waals surface area contributed by atoms with Crippen LogP contribution in [0.25, 0.3) is 0 Å². The third-order valence-corrected chi connectivity index (χ3v) is 4.44. The van der Waals surface area contributed by atoms with Gasteiger partial charge in [-0.2, -0.15) is 4.39 Å². The highest BCUT2D eigenvalue weighted by Crippen LogP contribution is 2.38. The van der Waals surface area contributed by atoms with Gasteiger partial charge in [-0.15, -0.1) is 0 Å². The second-order valence-electron chi connectivity index (χ2n) is 6.55. The minimum Gasteiger partial charge on any atom is -0.480 e. The molecule has 0 radical (unpaired) electrons. The SMILES string of the molecule is CCCCOC(=O)N1C[C@@](Oc2cc(F)cc(F)c2[N+](=O)[O-])(C(=O)O)C[C@H]1C(=O)O. The Kier molecular flexibility index (Phi) is 6.74. The van der Waals surface area contributed by atoms with Crippen molar-refractivity contribution in [3.63, 3.8) is 0 Å². The lowest BCUT2D eigenvalue weighted by Crippen LogP contribution is -2.48. The number of likely N-dealkylation sites (tertiary alicyclic amines) is 1. The van der Waals surface area contributed by atoms with E-state index >= 15 is 0 Å². The Bertz CT molecular complexity index is 879.